The lowest BCUT2D eigenvalue weighted by molar-refractivity contribution is -0.160. The Kier molecular flexibility index (Phi) is 7.05. The fourth-order valence-electron chi connectivity index (χ4n) is 3.63. The molecule has 1 aliphatic rings. The average Bonchev–Trinajstić information content (AvgIpc) is 3.45. The first-order chi connectivity index (χ1) is 16.9. The van der Waals surface area contributed by atoms with E-state index in [1.165, 1.54) is 0 Å². The van der Waals surface area contributed by atoms with Crippen LogP contribution in [-0.4, -0.2) is 42.8 Å². The number of para-hydroxylation sites is 1. The van der Waals surface area contributed by atoms with E-state index in [2.05, 4.69) is 15.6 Å². The number of hydrogen-bond acceptors (Lipinski definition) is 7. The fraction of sp³-hybridized carbons (Fsp3) is 0.348. The normalized spacial score (nSPS) is 16.8. The van der Waals surface area contributed by atoms with Crippen LogP contribution in [0.25, 0.3) is 10.2 Å². The Morgan fingerprint density at radius 1 is 1.17 bits per heavy atom. The van der Waals surface area contributed by atoms with E-state index in [0.717, 1.165) is 40.3 Å². The van der Waals surface area contributed by atoms with Crippen LogP contribution >= 0.6 is 11.3 Å². The molecule has 13 heteroatoms. The minimum atomic E-state index is -4.93. The first kappa shape index (κ1) is 26.0. The van der Waals surface area contributed by atoms with Gasteiger partial charge in [0, 0.05) is 0 Å². The molecule has 1 fully saturated rings. The maximum Gasteiger partial charge on any atom is 0.407 e. The molecule has 4 rings (SSSR count). The van der Waals surface area contributed by atoms with Crippen molar-refractivity contribution in [3.05, 3.63) is 64.9 Å². The number of hydrogen-bond donors (Lipinski definition) is 2. The number of sulfone groups is 1. The topological polar surface area (TPSA) is 112 Å². The number of halogens is 4. The van der Waals surface area contributed by atoms with E-state index in [-0.39, 0.29) is 5.01 Å². The van der Waals surface area contributed by atoms with Crippen LogP contribution < -0.4 is 10.6 Å². The third kappa shape index (κ3) is 6.18. The van der Waals surface area contributed by atoms with E-state index in [9.17, 15) is 36.0 Å². The van der Waals surface area contributed by atoms with Gasteiger partial charge in [0.1, 0.15) is 34.2 Å². The van der Waals surface area contributed by atoms with Crippen molar-refractivity contribution in [2.75, 3.05) is 5.75 Å². The van der Waals surface area contributed by atoms with Crippen LogP contribution in [0.3, 0.4) is 0 Å². The summed E-state index contributed by atoms with van der Waals surface area (Å²) in [6, 6.07) is 8.04. The summed E-state index contributed by atoms with van der Waals surface area (Å²) in [4.78, 5) is 17.2. The van der Waals surface area contributed by atoms with Crippen LogP contribution in [0.15, 0.2) is 48.5 Å². The van der Waals surface area contributed by atoms with Gasteiger partial charge < -0.3 is 5.32 Å². The van der Waals surface area contributed by atoms with E-state index < -0.39 is 62.4 Å². The number of nitrogens with one attached hydrogen (secondary N) is 2. The standard InChI is InChI=1S/C23H20F4N4O3S2/c24-15-7-5-14(6-8-15)20(23(25,26)27)30-17(21(32)31-22(13-28)9-10-22)11-36(33,34)12-19-29-16-3-1-2-4-18(16)35-19/h1-8,17,20,30H,9-12H2,(H,31,32)/t17-,20-/m0/s1. The van der Waals surface area contributed by atoms with Crippen molar-refractivity contribution in [1.29, 1.82) is 5.26 Å². The van der Waals surface area contributed by atoms with Gasteiger partial charge in [-0.25, -0.2) is 17.8 Å². The molecule has 0 aliphatic heterocycles. The lowest BCUT2D eigenvalue weighted by Gasteiger charge is -2.28. The molecule has 1 saturated carbocycles. The summed E-state index contributed by atoms with van der Waals surface area (Å²) in [6.07, 6.45) is -4.32. The van der Waals surface area contributed by atoms with Gasteiger partial charge in [0.25, 0.3) is 0 Å². The predicted octanol–water partition coefficient (Wildman–Crippen LogP) is 3.78. The third-order valence-corrected chi connectivity index (χ3v) is 8.42. The molecule has 0 saturated heterocycles. The zero-order valence-electron chi connectivity index (χ0n) is 18.5. The van der Waals surface area contributed by atoms with Crippen molar-refractivity contribution < 1.29 is 30.8 Å². The molecule has 36 heavy (non-hydrogen) atoms. The minimum absolute atomic E-state index is 0.233. The van der Waals surface area contributed by atoms with Crippen LogP contribution in [0, 0.1) is 17.1 Å². The lowest BCUT2D eigenvalue weighted by Crippen LogP contribution is -2.54. The minimum Gasteiger partial charge on any atom is -0.336 e. The van der Waals surface area contributed by atoms with Crippen molar-refractivity contribution >= 4 is 37.3 Å². The Bertz CT molecular complexity index is 1380. The number of nitriles is 1. The van der Waals surface area contributed by atoms with Crippen LogP contribution in [0.2, 0.25) is 0 Å². The lowest BCUT2D eigenvalue weighted by atomic mass is 10.0. The average molecular weight is 541 g/mol. The van der Waals surface area contributed by atoms with Gasteiger partial charge in [0.2, 0.25) is 5.91 Å². The molecule has 1 aromatic heterocycles. The first-order valence-corrected chi connectivity index (χ1v) is 13.4. The van der Waals surface area contributed by atoms with E-state index in [4.69, 9.17) is 0 Å². The van der Waals surface area contributed by atoms with Gasteiger partial charge in [0.15, 0.2) is 9.84 Å². The Morgan fingerprint density at radius 2 is 1.83 bits per heavy atom. The second-order valence-corrected chi connectivity index (χ2v) is 11.8. The molecule has 0 radical (unpaired) electrons. The SMILES string of the molecule is N#CC1(NC(=O)[C@H](CS(=O)(=O)Cc2nc3ccccc3s2)N[C@@H](c2ccc(F)cc2)C(F)(F)F)CC1. The number of benzene rings is 2. The van der Waals surface area contributed by atoms with Crippen LogP contribution in [-0.2, 0) is 20.4 Å². The summed E-state index contributed by atoms with van der Waals surface area (Å²) in [5.74, 6) is -3.34. The molecule has 1 aliphatic carbocycles. The number of nitrogens with zero attached hydrogens (tertiary/aromatic N) is 2. The van der Waals surface area contributed by atoms with Crippen molar-refractivity contribution in [1.82, 2.24) is 15.6 Å². The van der Waals surface area contributed by atoms with Crippen molar-refractivity contribution in [2.45, 2.75) is 42.4 Å². The zero-order chi connectivity index (χ0) is 26.1. The zero-order valence-corrected chi connectivity index (χ0v) is 20.2. The highest BCUT2D eigenvalue weighted by Gasteiger charge is 2.48. The summed E-state index contributed by atoms with van der Waals surface area (Å²) in [5.41, 5.74) is -1.04. The monoisotopic (exact) mass is 540 g/mol. The molecule has 190 valence electrons. The predicted molar refractivity (Wildman–Crippen MR) is 125 cm³/mol. The number of fused-ring (bicyclic) bond motifs is 1. The number of amides is 1. The highest BCUT2D eigenvalue weighted by atomic mass is 32.2. The van der Waals surface area contributed by atoms with Crippen molar-refractivity contribution in [3.63, 3.8) is 0 Å². The Labute approximate surface area is 208 Å². The van der Waals surface area contributed by atoms with E-state index >= 15 is 0 Å². The third-order valence-electron chi connectivity index (χ3n) is 5.64. The van der Waals surface area contributed by atoms with E-state index in [1.54, 1.807) is 24.3 Å². The van der Waals surface area contributed by atoms with E-state index in [1.807, 2.05) is 6.07 Å². The molecule has 7 nitrogen and oxygen atoms in total. The van der Waals surface area contributed by atoms with Crippen molar-refractivity contribution in [2.24, 2.45) is 0 Å². The number of aromatic nitrogens is 1. The fourth-order valence-corrected chi connectivity index (χ4v) is 6.48. The molecule has 0 unspecified atom stereocenters. The molecule has 0 bridgehead atoms. The maximum atomic E-state index is 13.9. The largest absolute Gasteiger partial charge is 0.407 e. The second-order valence-electron chi connectivity index (χ2n) is 8.56. The van der Waals surface area contributed by atoms with Gasteiger partial charge in [0.05, 0.1) is 22.0 Å². The molecular formula is C23H20F4N4O3S2. The number of carbonyl (C=O) groups is 1. The Morgan fingerprint density at radius 3 is 2.42 bits per heavy atom. The van der Waals surface area contributed by atoms with E-state index in [0.29, 0.717) is 18.4 Å². The molecule has 1 heterocycles. The Hall–Kier alpha value is -3.08. The first-order valence-electron chi connectivity index (χ1n) is 10.8. The van der Waals surface area contributed by atoms with Crippen LogP contribution in [0.1, 0.15) is 29.5 Å². The summed E-state index contributed by atoms with van der Waals surface area (Å²) in [7, 11) is -4.13. The highest BCUT2D eigenvalue weighted by molar-refractivity contribution is 7.90. The highest BCUT2D eigenvalue weighted by Crippen LogP contribution is 2.36. The van der Waals surface area contributed by atoms with Gasteiger partial charge in [-0.1, -0.05) is 24.3 Å². The number of alkyl halides is 3. The molecular weight excluding hydrogens is 520 g/mol. The van der Waals surface area contributed by atoms with Gasteiger partial charge in [-0.3, -0.25) is 10.1 Å². The Balaban J connectivity index is 1.61. The van der Waals surface area contributed by atoms with Crippen LogP contribution in [0.4, 0.5) is 17.6 Å². The van der Waals surface area contributed by atoms with Gasteiger partial charge in [-0.15, -0.1) is 11.3 Å². The van der Waals surface area contributed by atoms with Gasteiger partial charge >= 0.3 is 6.18 Å². The molecule has 3 aromatic rings. The van der Waals surface area contributed by atoms with Crippen molar-refractivity contribution in [3.8, 4) is 6.07 Å². The summed E-state index contributed by atoms with van der Waals surface area (Å²) in [6.45, 7) is 0. The number of thiazole rings is 1. The van der Waals surface area contributed by atoms with Crippen LogP contribution in [0.5, 0.6) is 0 Å². The second kappa shape index (κ2) is 9.76. The maximum absolute atomic E-state index is 13.9. The molecule has 2 N–H and O–H groups in total. The summed E-state index contributed by atoms with van der Waals surface area (Å²) in [5, 5.41) is 14.0. The quantitative estimate of drug-likeness (QED) is 0.400. The summed E-state index contributed by atoms with van der Waals surface area (Å²) >= 11 is 1.13. The molecule has 0 spiro atoms. The number of carbonyl (C=O) groups excluding carboxylic acids is 1. The van der Waals surface area contributed by atoms with Gasteiger partial charge in [-0.05, 0) is 42.7 Å². The molecule has 2 aromatic carbocycles. The molecule has 2 atom stereocenters. The van der Waals surface area contributed by atoms with Gasteiger partial charge in [-0.2, -0.15) is 18.4 Å². The smallest absolute Gasteiger partial charge is 0.336 e. The summed E-state index contributed by atoms with van der Waals surface area (Å²) < 4.78 is 81.9. The molecule has 1 amide bonds. The number of rotatable bonds is 9.